The van der Waals surface area contributed by atoms with Crippen molar-refractivity contribution >= 4 is 34.3 Å². The quantitative estimate of drug-likeness (QED) is 0.282. The Morgan fingerprint density at radius 2 is 2.16 bits per heavy atom. The number of pyridine rings is 1. The maximum Gasteiger partial charge on any atom is 0.305 e. The molecule has 0 aromatic carbocycles. The second-order valence-corrected chi connectivity index (χ2v) is 9.19. The van der Waals surface area contributed by atoms with Crippen molar-refractivity contribution in [3.8, 4) is 0 Å². The van der Waals surface area contributed by atoms with Crippen LogP contribution in [0.2, 0.25) is 0 Å². The van der Waals surface area contributed by atoms with E-state index in [1.807, 2.05) is 44.4 Å². The summed E-state index contributed by atoms with van der Waals surface area (Å²) in [6.45, 7) is 10.6. The van der Waals surface area contributed by atoms with Gasteiger partial charge < -0.3 is 9.64 Å². The third kappa shape index (κ3) is 6.74. The average molecular weight is 506 g/mol. The lowest BCUT2D eigenvalue weighted by Gasteiger charge is -2.42. The summed E-state index contributed by atoms with van der Waals surface area (Å²) in [4.78, 5) is 28.7. The number of nitrogens with zero attached hydrogens (tertiary/aromatic N) is 4. The molecule has 3 unspecified atom stereocenters. The highest BCUT2D eigenvalue weighted by atomic mass is 79.9. The normalized spacial score (nSPS) is 25.5. The molecule has 2 heterocycles. The van der Waals surface area contributed by atoms with Crippen LogP contribution in [0.15, 0.2) is 46.3 Å². The van der Waals surface area contributed by atoms with Crippen molar-refractivity contribution in [2.75, 3.05) is 13.7 Å². The fourth-order valence-corrected chi connectivity index (χ4v) is 5.25. The molecule has 2 aliphatic rings. The van der Waals surface area contributed by atoms with Gasteiger partial charge in [0, 0.05) is 47.8 Å². The van der Waals surface area contributed by atoms with Crippen LogP contribution >= 0.6 is 15.9 Å². The Balaban J connectivity index is 0.00000176. The van der Waals surface area contributed by atoms with Gasteiger partial charge in [-0.1, -0.05) is 42.8 Å². The lowest BCUT2D eigenvalue weighted by molar-refractivity contribution is -0.140. The van der Waals surface area contributed by atoms with Gasteiger partial charge in [0.1, 0.15) is 0 Å². The summed E-state index contributed by atoms with van der Waals surface area (Å²) in [6, 6.07) is 6.30. The number of fused-ring (bicyclic) bond motifs is 1. The third-order valence-corrected chi connectivity index (χ3v) is 6.87. The van der Waals surface area contributed by atoms with Crippen LogP contribution in [0.3, 0.4) is 0 Å². The summed E-state index contributed by atoms with van der Waals surface area (Å²) in [5, 5.41) is 0. The molecule has 3 rings (SSSR count). The Morgan fingerprint density at radius 3 is 2.78 bits per heavy atom. The minimum absolute atomic E-state index is 0.0137. The van der Waals surface area contributed by atoms with E-state index >= 15 is 0 Å². The summed E-state index contributed by atoms with van der Waals surface area (Å²) in [6.07, 6.45) is 8.79. The topological polar surface area (TPSA) is 67.2 Å². The highest BCUT2D eigenvalue weighted by molar-refractivity contribution is 9.09. The van der Waals surface area contributed by atoms with Crippen molar-refractivity contribution in [1.82, 2.24) is 9.88 Å². The summed E-state index contributed by atoms with van der Waals surface area (Å²) in [7, 11) is 1.43. The summed E-state index contributed by atoms with van der Waals surface area (Å²) < 4.78 is 4.87. The van der Waals surface area contributed by atoms with E-state index in [0.717, 1.165) is 43.6 Å². The van der Waals surface area contributed by atoms with Crippen molar-refractivity contribution in [3.05, 3.63) is 42.0 Å². The molecule has 0 bridgehead atoms. The van der Waals surface area contributed by atoms with Crippen LogP contribution in [0.1, 0.15) is 65.0 Å². The molecule has 0 amide bonds. The first-order chi connectivity index (χ1) is 15.6. The molecule has 6 nitrogen and oxygen atoms in total. The van der Waals surface area contributed by atoms with Crippen LogP contribution in [0.25, 0.3) is 0 Å². The van der Waals surface area contributed by atoms with Gasteiger partial charge in [-0.25, -0.2) is 0 Å². The number of carbonyl (C=O) groups excluding carboxylic acids is 1. The van der Waals surface area contributed by atoms with Gasteiger partial charge in [-0.05, 0) is 51.0 Å². The Labute approximate surface area is 201 Å². The number of aromatic nitrogens is 1. The Bertz CT molecular complexity index is 796. The van der Waals surface area contributed by atoms with Crippen LogP contribution in [-0.4, -0.2) is 58.8 Å². The molecule has 1 fully saturated rings. The molecule has 4 atom stereocenters. The predicted molar refractivity (Wildman–Crippen MR) is 136 cm³/mol. The zero-order valence-electron chi connectivity index (χ0n) is 19.8. The minimum Gasteiger partial charge on any atom is -0.469 e. The van der Waals surface area contributed by atoms with Crippen LogP contribution in [0.5, 0.6) is 0 Å². The first-order valence-electron chi connectivity index (χ1n) is 11.7. The molecular formula is C25H37BrN4O2. The molecule has 1 aliphatic heterocycles. The molecule has 1 aliphatic carbocycles. The van der Waals surface area contributed by atoms with Gasteiger partial charge in [0.05, 0.1) is 24.6 Å². The van der Waals surface area contributed by atoms with E-state index in [0.29, 0.717) is 23.7 Å². The zero-order chi connectivity index (χ0) is 23.5. The largest absolute Gasteiger partial charge is 0.469 e. The van der Waals surface area contributed by atoms with Gasteiger partial charge in [0.25, 0.3) is 0 Å². The Morgan fingerprint density at radius 1 is 1.38 bits per heavy atom. The van der Waals surface area contributed by atoms with Gasteiger partial charge in [0.15, 0.2) is 0 Å². The number of ether oxygens (including phenoxy) is 1. The molecular weight excluding hydrogens is 468 g/mol. The van der Waals surface area contributed by atoms with E-state index in [-0.39, 0.29) is 17.9 Å². The standard InChI is InChI=1S/C23H31BrN4O2.C2H6/c1-4-18(14-25-2)28-15-17(9-11-22(29)30-3)27-23(20-7-5-6-12-26-20)19-13-16(24)8-10-21(19)28;1-2/h5-7,12,14,16-17,19,21H,2,4,8-11,13,15H2,1,3H3;1-2H3/b18-14-;/t16?,17-,19?,21?;/m0./s1. The predicted octanol–water partition coefficient (Wildman–Crippen LogP) is 5.42. The van der Waals surface area contributed by atoms with Gasteiger partial charge in [-0.2, -0.15) is 0 Å². The number of alkyl halides is 1. The number of hydrogen-bond donors (Lipinski definition) is 0. The number of esters is 1. The average Bonchev–Trinajstić information content (AvgIpc) is 2.99. The van der Waals surface area contributed by atoms with Crippen molar-refractivity contribution in [2.24, 2.45) is 15.9 Å². The molecule has 0 N–H and O–H groups in total. The van der Waals surface area contributed by atoms with E-state index in [9.17, 15) is 4.79 Å². The molecule has 0 radical (unpaired) electrons. The molecule has 1 aromatic heterocycles. The molecule has 1 aromatic rings. The van der Waals surface area contributed by atoms with Crippen LogP contribution in [0, 0.1) is 5.92 Å². The van der Waals surface area contributed by atoms with Crippen LogP contribution in [0.4, 0.5) is 0 Å². The van der Waals surface area contributed by atoms with Crippen molar-refractivity contribution < 1.29 is 9.53 Å². The van der Waals surface area contributed by atoms with E-state index in [1.54, 1.807) is 0 Å². The van der Waals surface area contributed by atoms with E-state index < -0.39 is 0 Å². The second-order valence-electron chi connectivity index (χ2n) is 7.89. The van der Waals surface area contributed by atoms with Gasteiger partial charge in [-0.3, -0.25) is 19.8 Å². The Kier molecular flexibility index (Phi) is 11.1. The lowest BCUT2D eigenvalue weighted by Crippen LogP contribution is -2.46. The summed E-state index contributed by atoms with van der Waals surface area (Å²) in [5.74, 6) is 0.0678. The molecule has 32 heavy (non-hydrogen) atoms. The van der Waals surface area contributed by atoms with E-state index in [4.69, 9.17) is 9.73 Å². The number of methoxy groups -OCH3 is 1. The highest BCUT2D eigenvalue weighted by Gasteiger charge is 2.40. The minimum atomic E-state index is -0.197. The number of carbonyl (C=O) groups is 1. The third-order valence-electron chi connectivity index (χ3n) is 6.04. The van der Waals surface area contributed by atoms with Gasteiger partial charge in [-0.15, -0.1) is 0 Å². The fourth-order valence-electron chi connectivity index (χ4n) is 4.58. The summed E-state index contributed by atoms with van der Waals surface area (Å²) >= 11 is 3.86. The number of aliphatic imine (C=N–C) groups is 2. The van der Waals surface area contributed by atoms with Crippen LogP contribution < -0.4 is 0 Å². The number of rotatable bonds is 7. The van der Waals surface area contributed by atoms with Crippen LogP contribution in [-0.2, 0) is 9.53 Å². The van der Waals surface area contributed by atoms with Crippen molar-refractivity contribution in [2.45, 2.75) is 76.2 Å². The first kappa shape index (κ1) is 26.2. The smallest absolute Gasteiger partial charge is 0.305 e. The second kappa shape index (κ2) is 13.5. The Hall–Kier alpha value is -2.02. The lowest BCUT2D eigenvalue weighted by atomic mass is 9.79. The number of allylic oxidation sites excluding steroid dienone is 1. The molecule has 7 heteroatoms. The van der Waals surface area contributed by atoms with Gasteiger partial charge >= 0.3 is 5.97 Å². The highest BCUT2D eigenvalue weighted by Crippen LogP contribution is 2.39. The molecule has 176 valence electrons. The number of hydrogen-bond acceptors (Lipinski definition) is 6. The van der Waals surface area contributed by atoms with Crippen molar-refractivity contribution in [3.63, 3.8) is 0 Å². The van der Waals surface area contributed by atoms with E-state index in [2.05, 4.69) is 44.4 Å². The fraction of sp³-hybridized carbons (Fsp3) is 0.600. The maximum absolute atomic E-state index is 11.8. The number of halogens is 1. The molecule has 1 saturated carbocycles. The zero-order valence-corrected chi connectivity index (χ0v) is 21.4. The molecule has 0 saturated heterocycles. The van der Waals surface area contributed by atoms with Gasteiger partial charge in [0.2, 0.25) is 0 Å². The maximum atomic E-state index is 11.8. The first-order valence-corrected chi connectivity index (χ1v) is 12.6. The van der Waals surface area contributed by atoms with Crippen molar-refractivity contribution in [1.29, 1.82) is 0 Å². The summed E-state index contributed by atoms with van der Waals surface area (Å²) in [5.41, 5.74) is 3.17. The monoisotopic (exact) mass is 504 g/mol. The molecule has 0 spiro atoms. The SMILES string of the molecule is C=N/C=C(/CC)N1C[C@H](CCC(=O)OC)N=C(c2ccccn2)C2CC(Br)CCC21.CC. The van der Waals surface area contributed by atoms with E-state index in [1.165, 1.54) is 12.8 Å².